The fourth-order valence-electron chi connectivity index (χ4n) is 3.74. The molecule has 9 nitrogen and oxygen atoms in total. The predicted molar refractivity (Wildman–Crippen MR) is 107 cm³/mol. The van der Waals surface area contributed by atoms with Gasteiger partial charge in [0.15, 0.2) is 0 Å². The van der Waals surface area contributed by atoms with E-state index in [1.165, 1.54) is 21.4 Å². The molecule has 0 spiro atoms. The molecule has 0 bridgehead atoms. The topological polar surface area (TPSA) is 111 Å². The molecule has 1 aliphatic rings. The quantitative estimate of drug-likeness (QED) is 0.476. The molecule has 4 heterocycles. The molecule has 1 saturated carbocycles. The number of halogens is 1. The summed E-state index contributed by atoms with van der Waals surface area (Å²) >= 11 is 0. The van der Waals surface area contributed by atoms with Gasteiger partial charge in [0, 0.05) is 6.20 Å². The summed E-state index contributed by atoms with van der Waals surface area (Å²) in [5.41, 5.74) is 0.0407. The number of benzene rings is 1. The normalized spacial score (nSPS) is 15.0. The van der Waals surface area contributed by atoms with Crippen LogP contribution in [0, 0.1) is 5.82 Å². The molecule has 31 heavy (non-hydrogen) atoms. The molecule has 1 N–H and O–H groups in total. The van der Waals surface area contributed by atoms with Gasteiger partial charge in [-0.05, 0) is 37.1 Å². The molecular weight excluding hydrogens is 403 g/mol. The highest BCUT2D eigenvalue weighted by molar-refractivity contribution is 5.84. The summed E-state index contributed by atoms with van der Waals surface area (Å²) in [7, 11) is 0. The van der Waals surface area contributed by atoms with Gasteiger partial charge in [0.05, 0.1) is 17.8 Å². The lowest BCUT2D eigenvalue weighted by Crippen LogP contribution is -2.24. The van der Waals surface area contributed by atoms with Gasteiger partial charge in [0.2, 0.25) is 5.82 Å². The van der Waals surface area contributed by atoms with Crippen molar-refractivity contribution in [1.29, 1.82) is 0 Å². The van der Waals surface area contributed by atoms with Crippen LogP contribution < -0.4 is 5.56 Å². The zero-order chi connectivity index (χ0) is 21.2. The third kappa shape index (κ3) is 2.68. The minimum atomic E-state index is -1.10. The second kappa shape index (κ2) is 6.29. The van der Waals surface area contributed by atoms with Crippen LogP contribution in [-0.4, -0.2) is 34.2 Å². The van der Waals surface area contributed by atoms with Crippen LogP contribution in [0.1, 0.15) is 24.4 Å². The second-order valence-electron chi connectivity index (χ2n) is 7.59. The standard InChI is InChI=1S/C21H15FN6O3/c22-13-5-3-6-14-16(13)27(10-12-4-1-2-9-23-12)19(29)17-15(24-11-28(14)17)18-25-20(31-26-18)21(30)7-8-21/h1-6,9,11,30H,7-8,10H2. The summed E-state index contributed by atoms with van der Waals surface area (Å²) in [6.07, 6.45) is 4.13. The van der Waals surface area contributed by atoms with Crippen LogP contribution in [-0.2, 0) is 12.1 Å². The van der Waals surface area contributed by atoms with Gasteiger partial charge in [0.1, 0.15) is 34.5 Å². The molecule has 0 radical (unpaired) electrons. The largest absolute Gasteiger partial charge is 0.380 e. The van der Waals surface area contributed by atoms with E-state index in [9.17, 15) is 14.3 Å². The van der Waals surface area contributed by atoms with Crippen LogP contribution in [0.4, 0.5) is 4.39 Å². The highest BCUT2D eigenvalue weighted by Gasteiger charge is 2.48. The van der Waals surface area contributed by atoms with Crippen LogP contribution in [0.15, 0.2) is 58.2 Å². The monoisotopic (exact) mass is 418 g/mol. The van der Waals surface area contributed by atoms with E-state index < -0.39 is 17.0 Å². The molecule has 1 fully saturated rings. The fraction of sp³-hybridized carbons (Fsp3) is 0.190. The molecule has 0 aliphatic heterocycles. The minimum Gasteiger partial charge on any atom is -0.380 e. The third-order valence-corrected chi connectivity index (χ3v) is 5.52. The van der Waals surface area contributed by atoms with Crippen molar-refractivity contribution in [3.63, 3.8) is 0 Å². The van der Waals surface area contributed by atoms with Gasteiger partial charge in [-0.3, -0.25) is 18.7 Å². The Hall–Kier alpha value is -3.92. The lowest BCUT2D eigenvalue weighted by Gasteiger charge is -2.13. The van der Waals surface area contributed by atoms with Gasteiger partial charge in [-0.15, -0.1) is 0 Å². The second-order valence-corrected chi connectivity index (χ2v) is 7.59. The first-order chi connectivity index (χ1) is 15.0. The molecule has 1 aliphatic carbocycles. The Morgan fingerprint density at radius 2 is 2.00 bits per heavy atom. The first kappa shape index (κ1) is 17.9. The van der Waals surface area contributed by atoms with E-state index in [2.05, 4.69) is 20.1 Å². The fourth-order valence-corrected chi connectivity index (χ4v) is 3.74. The van der Waals surface area contributed by atoms with Crippen molar-refractivity contribution in [3.05, 3.63) is 76.7 Å². The predicted octanol–water partition coefficient (Wildman–Crippen LogP) is 2.26. The number of imidazole rings is 1. The molecule has 154 valence electrons. The molecule has 0 unspecified atom stereocenters. The number of nitrogens with zero attached hydrogens (tertiary/aromatic N) is 6. The van der Waals surface area contributed by atoms with E-state index in [0.29, 0.717) is 24.1 Å². The number of rotatable bonds is 4. The molecule has 5 aromatic rings. The zero-order valence-electron chi connectivity index (χ0n) is 16.1. The molecular formula is C21H15FN6O3. The Morgan fingerprint density at radius 3 is 2.77 bits per heavy atom. The van der Waals surface area contributed by atoms with Gasteiger partial charge in [-0.1, -0.05) is 17.3 Å². The number of hydrogen-bond acceptors (Lipinski definition) is 7. The molecule has 1 aromatic carbocycles. The van der Waals surface area contributed by atoms with E-state index >= 15 is 0 Å². The maximum Gasteiger partial charge on any atom is 0.278 e. The number of aliphatic hydroxyl groups is 1. The summed E-state index contributed by atoms with van der Waals surface area (Å²) in [4.78, 5) is 26.4. The summed E-state index contributed by atoms with van der Waals surface area (Å²) in [5.74, 6) is -0.333. The lowest BCUT2D eigenvalue weighted by atomic mass is 10.2. The molecule has 6 rings (SSSR count). The number of aromatic nitrogens is 6. The van der Waals surface area contributed by atoms with Crippen molar-refractivity contribution < 1.29 is 14.0 Å². The highest BCUT2D eigenvalue weighted by atomic mass is 19.1. The van der Waals surface area contributed by atoms with Crippen LogP contribution in [0.3, 0.4) is 0 Å². The third-order valence-electron chi connectivity index (χ3n) is 5.52. The lowest BCUT2D eigenvalue weighted by molar-refractivity contribution is 0.108. The summed E-state index contributed by atoms with van der Waals surface area (Å²) in [6.45, 7) is 0.0788. The van der Waals surface area contributed by atoms with Crippen LogP contribution in [0.25, 0.3) is 28.1 Å². The van der Waals surface area contributed by atoms with Crippen molar-refractivity contribution in [2.45, 2.75) is 25.0 Å². The Kier molecular flexibility index (Phi) is 3.63. The molecule has 4 aromatic heterocycles. The number of hydrogen-bond donors (Lipinski definition) is 1. The van der Waals surface area contributed by atoms with Gasteiger partial charge in [-0.2, -0.15) is 4.98 Å². The molecule has 10 heteroatoms. The molecule has 0 atom stereocenters. The summed E-state index contributed by atoms with van der Waals surface area (Å²) < 4.78 is 22.9. The Balaban J connectivity index is 1.63. The van der Waals surface area contributed by atoms with Crippen LogP contribution >= 0.6 is 0 Å². The van der Waals surface area contributed by atoms with Crippen molar-refractivity contribution in [1.82, 2.24) is 29.1 Å². The van der Waals surface area contributed by atoms with Gasteiger partial charge >= 0.3 is 0 Å². The molecule has 0 amide bonds. The van der Waals surface area contributed by atoms with Crippen LogP contribution in [0.5, 0.6) is 0 Å². The minimum absolute atomic E-state index is 0.0788. The Labute approximate surface area is 173 Å². The number of para-hydroxylation sites is 1. The maximum atomic E-state index is 14.8. The maximum absolute atomic E-state index is 14.8. The van der Waals surface area contributed by atoms with E-state index in [-0.39, 0.29) is 35.0 Å². The Morgan fingerprint density at radius 1 is 1.13 bits per heavy atom. The summed E-state index contributed by atoms with van der Waals surface area (Å²) in [6, 6.07) is 9.93. The van der Waals surface area contributed by atoms with Crippen molar-refractivity contribution in [2.24, 2.45) is 0 Å². The van der Waals surface area contributed by atoms with E-state index in [4.69, 9.17) is 4.52 Å². The highest BCUT2D eigenvalue weighted by Crippen LogP contribution is 2.44. The van der Waals surface area contributed by atoms with E-state index in [1.54, 1.807) is 36.5 Å². The van der Waals surface area contributed by atoms with Crippen molar-refractivity contribution in [2.75, 3.05) is 0 Å². The van der Waals surface area contributed by atoms with Gasteiger partial charge in [0.25, 0.3) is 11.4 Å². The van der Waals surface area contributed by atoms with Crippen LogP contribution in [0.2, 0.25) is 0 Å². The van der Waals surface area contributed by atoms with E-state index in [0.717, 1.165) is 0 Å². The van der Waals surface area contributed by atoms with Crippen molar-refractivity contribution in [3.8, 4) is 11.5 Å². The molecule has 0 saturated heterocycles. The average Bonchev–Trinajstić information content (AvgIpc) is 3.19. The average molecular weight is 418 g/mol. The SMILES string of the molecule is O=c1c2c(-c3noc(C4(O)CC4)n3)ncn2c2cccc(F)c2n1Cc1ccccn1. The smallest absolute Gasteiger partial charge is 0.278 e. The van der Waals surface area contributed by atoms with Gasteiger partial charge in [-0.25, -0.2) is 9.37 Å². The van der Waals surface area contributed by atoms with Crippen molar-refractivity contribution >= 4 is 16.6 Å². The summed E-state index contributed by atoms with van der Waals surface area (Å²) in [5, 5.41) is 14.1. The first-order valence-corrected chi connectivity index (χ1v) is 9.70. The van der Waals surface area contributed by atoms with E-state index in [1.807, 2.05) is 0 Å². The Bertz CT molecular complexity index is 1520. The zero-order valence-corrected chi connectivity index (χ0v) is 16.1. The first-order valence-electron chi connectivity index (χ1n) is 9.70. The van der Waals surface area contributed by atoms with Gasteiger partial charge < -0.3 is 9.63 Å². The number of pyridine rings is 1. The number of fused-ring (bicyclic) bond motifs is 3.